The molecular formula is C17H26N4O2. The van der Waals surface area contributed by atoms with Crippen LogP contribution in [0.5, 0.6) is 0 Å². The van der Waals surface area contributed by atoms with E-state index in [0.29, 0.717) is 18.7 Å². The smallest absolute Gasteiger partial charge is 0.146 e. The molecule has 1 N–H and O–H groups in total. The van der Waals surface area contributed by atoms with Crippen molar-refractivity contribution in [3.8, 4) is 6.07 Å². The number of pyridine rings is 1. The zero-order chi connectivity index (χ0) is 16.7. The van der Waals surface area contributed by atoms with Crippen LogP contribution >= 0.6 is 0 Å². The Hall–Kier alpha value is -1.68. The van der Waals surface area contributed by atoms with E-state index in [-0.39, 0.29) is 6.10 Å². The Morgan fingerprint density at radius 2 is 2.17 bits per heavy atom. The van der Waals surface area contributed by atoms with E-state index in [0.717, 1.165) is 38.4 Å². The predicted molar refractivity (Wildman–Crippen MR) is 89.3 cm³/mol. The monoisotopic (exact) mass is 318 g/mol. The molecule has 0 amide bonds. The third kappa shape index (κ3) is 5.47. The summed E-state index contributed by atoms with van der Waals surface area (Å²) in [6.45, 7) is 8.39. The van der Waals surface area contributed by atoms with Crippen LogP contribution in [0.1, 0.15) is 25.8 Å². The Kier molecular flexibility index (Phi) is 6.78. The highest BCUT2D eigenvalue weighted by Gasteiger charge is 2.20. The van der Waals surface area contributed by atoms with Crippen LogP contribution in [0.2, 0.25) is 0 Å². The average molecular weight is 318 g/mol. The molecule has 1 atom stereocenters. The number of nitrogens with zero attached hydrogens (tertiary/aromatic N) is 4. The Bertz CT molecular complexity index is 530. The van der Waals surface area contributed by atoms with Gasteiger partial charge in [-0.3, -0.25) is 4.90 Å². The molecule has 0 spiro atoms. The van der Waals surface area contributed by atoms with Crippen LogP contribution in [0.15, 0.2) is 18.3 Å². The topological polar surface area (TPSA) is 72.6 Å². The van der Waals surface area contributed by atoms with E-state index in [1.807, 2.05) is 13.8 Å². The number of aliphatic hydroxyl groups is 1. The van der Waals surface area contributed by atoms with Gasteiger partial charge >= 0.3 is 0 Å². The second-order valence-electron chi connectivity index (χ2n) is 6.16. The maximum atomic E-state index is 10.1. The number of β-amino-alcohol motifs (C(OH)–C–C–N with tert-alkyl or cyclic N) is 1. The van der Waals surface area contributed by atoms with Gasteiger partial charge in [0.1, 0.15) is 11.9 Å². The summed E-state index contributed by atoms with van der Waals surface area (Å²) in [7, 11) is 0. The van der Waals surface area contributed by atoms with Crippen LogP contribution in [-0.2, 0) is 4.74 Å². The number of aromatic nitrogens is 1. The van der Waals surface area contributed by atoms with Gasteiger partial charge in [0.2, 0.25) is 0 Å². The van der Waals surface area contributed by atoms with Crippen molar-refractivity contribution in [2.75, 3.05) is 44.2 Å². The standard InChI is InChI=1S/C17H26N4O2/c1-14(2)23-13-16(22)12-20-7-4-8-21(10-9-20)17-15(11-18)5-3-6-19-17/h3,5-6,14,16,22H,4,7-10,12-13H2,1-2H3. The maximum absolute atomic E-state index is 10.1. The minimum absolute atomic E-state index is 0.137. The Labute approximate surface area is 138 Å². The van der Waals surface area contributed by atoms with Crippen LogP contribution in [0.3, 0.4) is 0 Å². The molecule has 0 bridgehead atoms. The molecule has 0 aliphatic carbocycles. The highest BCUT2D eigenvalue weighted by Crippen LogP contribution is 2.18. The molecule has 0 radical (unpaired) electrons. The van der Waals surface area contributed by atoms with Crippen molar-refractivity contribution < 1.29 is 9.84 Å². The number of nitriles is 1. The van der Waals surface area contributed by atoms with Crippen molar-refractivity contribution in [1.82, 2.24) is 9.88 Å². The minimum atomic E-state index is -0.464. The second kappa shape index (κ2) is 8.82. The molecule has 2 rings (SSSR count). The summed E-state index contributed by atoms with van der Waals surface area (Å²) in [5.41, 5.74) is 0.617. The Balaban J connectivity index is 1.88. The van der Waals surface area contributed by atoms with E-state index in [1.54, 1.807) is 18.3 Å². The molecule has 2 heterocycles. The molecule has 126 valence electrons. The van der Waals surface area contributed by atoms with Gasteiger partial charge in [0.25, 0.3) is 0 Å². The summed E-state index contributed by atoms with van der Waals surface area (Å²) in [6, 6.07) is 5.80. The number of anilines is 1. The zero-order valence-corrected chi connectivity index (χ0v) is 14.0. The average Bonchev–Trinajstić information content (AvgIpc) is 2.78. The first-order valence-electron chi connectivity index (χ1n) is 8.22. The molecule has 1 aliphatic heterocycles. The summed E-state index contributed by atoms with van der Waals surface area (Å²) >= 11 is 0. The molecular weight excluding hydrogens is 292 g/mol. The fourth-order valence-electron chi connectivity index (χ4n) is 2.76. The lowest BCUT2D eigenvalue weighted by atomic mass is 10.2. The summed E-state index contributed by atoms with van der Waals surface area (Å²) in [5, 5.41) is 19.3. The predicted octanol–water partition coefficient (Wildman–Crippen LogP) is 1.25. The van der Waals surface area contributed by atoms with E-state index < -0.39 is 6.10 Å². The van der Waals surface area contributed by atoms with Crippen LogP contribution in [-0.4, -0.2) is 66.5 Å². The van der Waals surface area contributed by atoms with E-state index >= 15 is 0 Å². The molecule has 1 aliphatic rings. The van der Waals surface area contributed by atoms with Crippen molar-refractivity contribution in [1.29, 1.82) is 5.26 Å². The van der Waals surface area contributed by atoms with Gasteiger partial charge in [-0.1, -0.05) is 0 Å². The van der Waals surface area contributed by atoms with Gasteiger partial charge in [0.05, 0.1) is 24.4 Å². The van der Waals surface area contributed by atoms with Gasteiger partial charge in [-0.2, -0.15) is 5.26 Å². The lowest BCUT2D eigenvalue weighted by molar-refractivity contribution is -0.00766. The molecule has 1 saturated heterocycles. The van der Waals surface area contributed by atoms with Crippen molar-refractivity contribution in [2.24, 2.45) is 0 Å². The van der Waals surface area contributed by atoms with Crippen molar-refractivity contribution in [2.45, 2.75) is 32.5 Å². The van der Waals surface area contributed by atoms with Crippen molar-refractivity contribution in [3.05, 3.63) is 23.9 Å². The number of rotatable bonds is 6. The molecule has 6 heteroatoms. The van der Waals surface area contributed by atoms with Crippen molar-refractivity contribution >= 4 is 5.82 Å². The molecule has 0 aromatic carbocycles. The number of aliphatic hydroxyl groups excluding tert-OH is 1. The number of ether oxygens (including phenoxy) is 1. The minimum Gasteiger partial charge on any atom is -0.389 e. The van der Waals surface area contributed by atoms with Gasteiger partial charge in [-0.05, 0) is 38.9 Å². The van der Waals surface area contributed by atoms with Gasteiger partial charge in [-0.15, -0.1) is 0 Å². The molecule has 1 aromatic rings. The first kappa shape index (κ1) is 17.7. The van der Waals surface area contributed by atoms with E-state index in [1.165, 1.54) is 0 Å². The van der Waals surface area contributed by atoms with E-state index in [9.17, 15) is 10.4 Å². The summed E-state index contributed by atoms with van der Waals surface area (Å²) in [6.07, 6.45) is 2.39. The van der Waals surface area contributed by atoms with Gasteiger partial charge in [0, 0.05) is 32.4 Å². The fraction of sp³-hybridized carbons (Fsp3) is 0.647. The lowest BCUT2D eigenvalue weighted by Gasteiger charge is -2.25. The van der Waals surface area contributed by atoms with Gasteiger partial charge in [-0.25, -0.2) is 4.98 Å². The fourth-order valence-corrected chi connectivity index (χ4v) is 2.76. The zero-order valence-electron chi connectivity index (χ0n) is 14.0. The van der Waals surface area contributed by atoms with E-state index in [2.05, 4.69) is 20.9 Å². The first-order valence-corrected chi connectivity index (χ1v) is 8.22. The largest absolute Gasteiger partial charge is 0.389 e. The summed E-state index contributed by atoms with van der Waals surface area (Å²) in [5.74, 6) is 0.764. The number of hydrogen-bond donors (Lipinski definition) is 1. The van der Waals surface area contributed by atoms with Crippen LogP contribution in [0.4, 0.5) is 5.82 Å². The van der Waals surface area contributed by atoms with Gasteiger partial charge in [0.15, 0.2) is 0 Å². The highest BCUT2D eigenvalue weighted by molar-refractivity contribution is 5.53. The van der Waals surface area contributed by atoms with Crippen LogP contribution in [0.25, 0.3) is 0 Å². The molecule has 23 heavy (non-hydrogen) atoms. The normalized spacial score (nSPS) is 17.8. The van der Waals surface area contributed by atoms with Crippen molar-refractivity contribution in [3.63, 3.8) is 0 Å². The SMILES string of the molecule is CC(C)OCC(O)CN1CCCN(c2ncccc2C#N)CC1. The first-order chi connectivity index (χ1) is 11.1. The summed E-state index contributed by atoms with van der Waals surface area (Å²) < 4.78 is 5.46. The molecule has 1 unspecified atom stereocenters. The highest BCUT2D eigenvalue weighted by atomic mass is 16.5. The molecule has 6 nitrogen and oxygen atoms in total. The van der Waals surface area contributed by atoms with E-state index in [4.69, 9.17) is 4.74 Å². The second-order valence-corrected chi connectivity index (χ2v) is 6.16. The quantitative estimate of drug-likeness (QED) is 0.851. The van der Waals surface area contributed by atoms with Gasteiger partial charge < -0.3 is 14.7 Å². The number of hydrogen-bond acceptors (Lipinski definition) is 6. The van der Waals surface area contributed by atoms with Crippen LogP contribution < -0.4 is 4.90 Å². The van der Waals surface area contributed by atoms with Crippen LogP contribution in [0, 0.1) is 11.3 Å². The Morgan fingerprint density at radius 3 is 2.91 bits per heavy atom. The molecule has 0 saturated carbocycles. The molecule has 1 fully saturated rings. The molecule has 1 aromatic heterocycles. The third-order valence-electron chi connectivity index (χ3n) is 3.89. The maximum Gasteiger partial charge on any atom is 0.146 e. The Morgan fingerprint density at radius 1 is 1.35 bits per heavy atom. The lowest BCUT2D eigenvalue weighted by Crippen LogP contribution is -2.38. The third-order valence-corrected chi connectivity index (χ3v) is 3.89. The summed E-state index contributed by atoms with van der Waals surface area (Å²) in [4.78, 5) is 8.78.